The topological polar surface area (TPSA) is 71.8 Å². The summed E-state index contributed by atoms with van der Waals surface area (Å²) in [6.07, 6.45) is 2.15. The van der Waals surface area contributed by atoms with Gasteiger partial charge in [0.05, 0.1) is 6.54 Å². The van der Waals surface area contributed by atoms with Crippen LogP contribution in [0.25, 0.3) is 0 Å². The van der Waals surface area contributed by atoms with Crippen molar-refractivity contribution in [3.8, 4) is 0 Å². The van der Waals surface area contributed by atoms with Gasteiger partial charge in [0.25, 0.3) is 0 Å². The van der Waals surface area contributed by atoms with E-state index in [2.05, 4.69) is 20.7 Å². The lowest BCUT2D eigenvalue weighted by Crippen LogP contribution is -2.45. The molecule has 1 unspecified atom stereocenters. The van der Waals surface area contributed by atoms with Gasteiger partial charge in [0.15, 0.2) is 0 Å². The second-order valence-electron chi connectivity index (χ2n) is 5.80. The fourth-order valence-corrected chi connectivity index (χ4v) is 2.79. The first kappa shape index (κ1) is 16.6. The van der Waals surface area contributed by atoms with Gasteiger partial charge >= 0.3 is 6.03 Å². The van der Waals surface area contributed by atoms with Gasteiger partial charge in [-0.25, -0.2) is 23.2 Å². The number of carbonyl (C=O) groups excluding carboxylic acids is 1. The molecule has 124 valence electrons. The number of nitrogens with one attached hydrogen (secondary N) is 2. The average molecular weight is 315 g/mol. The quantitative estimate of drug-likeness (QED) is 0.876. The average Bonchev–Trinajstić information content (AvgIpc) is 2.92. The minimum atomic E-state index is -2.54. The maximum absolute atomic E-state index is 13.1. The number of urea groups is 1. The number of carbonyl (C=O) groups is 1. The Balaban J connectivity index is 1.75. The van der Waals surface area contributed by atoms with Crippen LogP contribution in [0, 0.1) is 5.92 Å². The summed E-state index contributed by atoms with van der Waals surface area (Å²) in [7, 11) is 0. The predicted octanol–water partition coefficient (Wildman–Crippen LogP) is 2.31. The Morgan fingerprint density at radius 3 is 2.82 bits per heavy atom. The van der Waals surface area contributed by atoms with Crippen molar-refractivity contribution < 1.29 is 13.6 Å². The molecule has 0 aliphatic heterocycles. The highest BCUT2D eigenvalue weighted by molar-refractivity contribution is 5.74. The smallest absolute Gasteiger partial charge is 0.315 e. The van der Waals surface area contributed by atoms with Crippen LogP contribution in [0.15, 0.2) is 6.33 Å². The second kappa shape index (κ2) is 7.02. The van der Waals surface area contributed by atoms with Gasteiger partial charge in [-0.2, -0.15) is 5.10 Å². The van der Waals surface area contributed by atoms with E-state index in [1.807, 2.05) is 13.8 Å². The molecule has 1 atom stereocenters. The lowest BCUT2D eigenvalue weighted by molar-refractivity contribution is -0.0484. The lowest BCUT2D eigenvalue weighted by Gasteiger charge is -2.32. The van der Waals surface area contributed by atoms with E-state index in [1.54, 1.807) is 4.68 Å². The number of nitrogens with zero attached hydrogens (tertiary/aromatic N) is 3. The van der Waals surface area contributed by atoms with E-state index in [1.165, 1.54) is 6.33 Å². The number of hydrogen-bond acceptors (Lipinski definition) is 3. The van der Waals surface area contributed by atoms with Crippen LogP contribution in [0.1, 0.15) is 45.4 Å². The number of rotatable bonds is 5. The summed E-state index contributed by atoms with van der Waals surface area (Å²) in [4.78, 5) is 16.0. The standard InChI is InChI=1S/C14H23F2N5O/c1-3-21-12(18-9-19-21)8-17-13(22)20-10(2)11-4-6-14(15,16)7-5-11/h9-11H,3-8H2,1-2H3,(H2,17,20,22). The molecule has 6 nitrogen and oxygen atoms in total. The normalized spacial score (nSPS) is 19.6. The largest absolute Gasteiger partial charge is 0.335 e. The van der Waals surface area contributed by atoms with E-state index in [9.17, 15) is 13.6 Å². The number of halogens is 2. The van der Waals surface area contributed by atoms with Gasteiger partial charge in [-0.1, -0.05) is 0 Å². The number of alkyl halides is 2. The fourth-order valence-electron chi connectivity index (χ4n) is 2.79. The zero-order valence-corrected chi connectivity index (χ0v) is 13.0. The van der Waals surface area contributed by atoms with Gasteiger partial charge in [-0.15, -0.1) is 0 Å². The monoisotopic (exact) mass is 315 g/mol. The third-order valence-corrected chi connectivity index (χ3v) is 4.23. The molecule has 8 heteroatoms. The molecule has 2 N–H and O–H groups in total. The van der Waals surface area contributed by atoms with Crippen LogP contribution in [0.3, 0.4) is 0 Å². The van der Waals surface area contributed by atoms with E-state index in [-0.39, 0.29) is 37.4 Å². The van der Waals surface area contributed by atoms with Gasteiger partial charge in [-0.05, 0) is 32.6 Å². The summed E-state index contributed by atoms with van der Waals surface area (Å²) >= 11 is 0. The van der Waals surface area contributed by atoms with Crippen molar-refractivity contribution >= 4 is 6.03 Å². The molecule has 0 aromatic carbocycles. The van der Waals surface area contributed by atoms with Crippen LogP contribution >= 0.6 is 0 Å². The number of amides is 2. The van der Waals surface area contributed by atoms with Gasteiger partial charge < -0.3 is 10.6 Å². The Labute approximate surface area is 128 Å². The summed E-state index contributed by atoms with van der Waals surface area (Å²) in [6, 6.07) is -0.435. The van der Waals surface area contributed by atoms with Crippen LogP contribution in [0.2, 0.25) is 0 Å². The van der Waals surface area contributed by atoms with E-state index in [0.717, 1.165) is 0 Å². The maximum Gasteiger partial charge on any atom is 0.315 e. The molecular formula is C14H23F2N5O. The predicted molar refractivity (Wildman–Crippen MR) is 77.4 cm³/mol. The van der Waals surface area contributed by atoms with Crippen molar-refractivity contribution in [1.82, 2.24) is 25.4 Å². The molecule has 1 aliphatic rings. The van der Waals surface area contributed by atoms with Crippen LogP contribution in [-0.2, 0) is 13.1 Å². The summed E-state index contributed by atoms with van der Waals surface area (Å²) in [5.41, 5.74) is 0. The molecule has 0 radical (unpaired) electrons. The molecule has 2 rings (SSSR count). The highest BCUT2D eigenvalue weighted by atomic mass is 19.3. The fraction of sp³-hybridized carbons (Fsp3) is 0.786. The third kappa shape index (κ3) is 4.38. The number of aromatic nitrogens is 3. The van der Waals surface area contributed by atoms with Crippen LogP contribution < -0.4 is 10.6 Å². The van der Waals surface area contributed by atoms with E-state index in [0.29, 0.717) is 25.2 Å². The Kier molecular flexibility index (Phi) is 5.31. The molecule has 1 aromatic rings. The Morgan fingerprint density at radius 1 is 1.50 bits per heavy atom. The van der Waals surface area contributed by atoms with Gasteiger partial charge in [0.1, 0.15) is 12.2 Å². The molecule has 0 saturated heterocycles. The zero-order valence-electron chi connectivity index (χ0n) is 13.0. The first-order valence-electron chi connectivity index (χ1n) is 7.70. The summed E-state index contributed by atoms with van der Waals surface area (Å²) in [5.74, 6) is -1.75. The summed E-state index contributed by atoms with van der Waals surface area (Å²) < 4.78 is 28.0. The molecule has 2 amide bonds. The second-order valence-corrected chi connectivity index (χ2v) is 5.80. The SMILES string of the molecule is CCn1ncnc1CNC(=O)NC(C)C1CCC(F)(F)CC1. The van der Waals surface area contributed by atoms with Crippen molar-refractivity contribution in [3.05, 3.63) is 12.2 Å². The van der Waals surface area contributed by atoms with Crippen LogP contribution in [-0.4, -0.2) is 32.8 Å². The van der Waals surface area contributed by atoms with Crippen molar-refractivity contribution in [1.29, 1.82) is 0 Å². The van der Waals surface area contributed by atoms with Crippen molar-refractivity contribution in [2.45, 2.75) is 64.6 Å². The van der Waals surface area contributed by atoms with Gasteiger partial charge in [0.2, 0.25) is 5.92 Å². The highest BCUT2D eigenvalue weighted by Crippen LogP contribution is 2.37. The third-order valence-electron chi connectivity index (χ3n) is 4.23. The number of hydrogen-bond donors (Lipinski definition) is 2. The molecule has 22 heavy (non-hydrogen) atoms. The molecular weight excluding hydrogens is 292 g/mol. The van der Waals surface area contributed by atoms with Crippen LogP contribution in [0.4, 0.5) is 13.6 Å². The molecule has 1 aromatic heterocycles. The van der Waals surface area contributed by atoms with Crippen molar-refractivity contribution in [2.75, 3.05) is 0 Å². The van der Waals surface area contributed by atoms with Crippen molar-refractivity contribution in [2.24, 2.45) is 5.92 Å². The molecule has 0 spiro atoms. The Morgan fingerprint density at radius 2 is 2.18 bits per heavy atom. The van der Waals surface area contributed by atoms with Crippen molar-refractivity contribution in [3.63, 3.8) is 0 Å². The number of aryl methyl sites for hydroxylation is 1. The molecule has 0 bridgehead atoms. The zero-order chi connectivity index (χ0) is 16.2. The van der Waals surface area contributed by atoms with E-state index < -0.39 is 5.92 Å². The minimum absolute atomic E-state index is 0.0924. The lowest BCUT2D eigenvalue weighted by atomic mass is 9.83. The summed E-state index contributed by atoms with van der Waals surface area (Å²) in [6.45, 7) is 4.78. The van der Waals surface area contributed by atoms with Gasteiger partial charge in [-0.3, -0.25) is 0 Å². The highest BCUT2D eigenvalue weighted by Gasteiger charge is 2.36. The molecule has 1 aliphatic carbocycles. The molecule has 1 saturated carbocycles. The minimum Gasteiger partial charge on any atom is -0.335 e. The Bertz CT molecular complexity index is 495. The maximum atomic E-state index is 13.1. The summed E-state index contributed by atoms with van der Waals surface area (Å²) in [5, 5.41) is 9.57. The van der Waals surface area contributed by atoms with E-state index in [4.69, 9.17) is 0 Å². The molecule has 1 heterocycles. The van der Waals surface area contributed by atoms with E-state index >= 15 is 0 Å². The Hall–Kier alpha value is -1.73. The first-order valence-corrected chi connectivity index (χ1v) is 7.70. The van der Waals surface area contributed by atoms with Gasteiger partial charge in [0, 0.05) is 25.4 Å². The first-order chi connectivity index (χ1) is 10.4. The molecule has 1 fully saturated rings. The van der Waals surface area contributed by atoms with Crippen LogP contribution in [0.5, 0.6) is 0 Å².